The summed E-state index contributed by atoms with van der Waals surface area (Å²) in [5, 5.41) is 4.26. The smallest absolute Gasteiger partial charge is 0.191 e. The van der Waals surface area contributed by atoms with E-state index in [2.05, 4.69) is 27.1 Å². The van der Waals surface area contributed by atoms with Crippen molar-refractivity contribution in [1.82, 2.24) is 14.7 Å². The van der Waals surface area contributed by atoms with Crippen LogP contribution in [0.4, 0.5) is 0 Å². The minimum absolute atomic E-state index is 0. The van der Waals surface area contributed by atoms with Gasteiger partial charge in [0.25, 0.3) is 0 Å². The van der Waals surface area contributed by atoms with E-state index in [0.29, 0.717) is 25.7 Å². The molecule has 3 rings (SSSR count). The van der Waals surface area contributed by atoms with Crippen LogP contribution < -0.4 is 5.73 Å². The molecule has 0 aliphatic carbocycles. The Balaban J connectivity index is 0.00000192. The third-order valence-corrected chi connectivity index (χ3v) is 3.76. The fraction of sp³-hybridized carbons (Fsp3) is 0.375. The molecule has 1 saturated heterocycles. The topological polar surface area (TPSA) is 68.7 Å². The number of benzene rings is 1. The number of nitrogens with zero attached hydrogens (tertiary/aromatic N) is 4. The van der Waals surface area contributed by atoms with E-state index in [-0.39, 0.29) is 24.0 Å². The van der Waals surface area contributed by atoms with Crippen LogP contribution in [0.5, 0.6) is 0 Å². The Hall–Kier alpha value is -1.61. The fourth-order valence-corrected chi connectivity index (χ4v) is 2.49. The Labute approximate surface area is 153 Å². The molecule has 0 radical (unpaired) electrons. The van der Waals surface area contributed by atoms with E-state index in [1.54, 1.807) is 6.20 Å². The molecular weight excluding hydrogens is 405 g/mol. The number of morpholine rings is 1. The molecular formula is C16H22IN5O. The molecule has 0 saturated carbocycles. The van der Waals surface area contributed by atoms with Crippen molar-refractivity contribution in [3.63, 3.8) is 0 Å². The van der Waals surface area contributed by atoms with Gasteiger partial charge in [0.2, 0.25) is 0 Å². The zero-order valence-corrected chi connectivity index (χ0v) is 15.3. The van der Waals surface area contributed by atoms with Gasteiger partial charge in [0, 0.05) is 25.5 Å². The van der Waals surface area contributed by atoms with Crippen molar-refractivity contribution in [2.75, 3.05) is 26.3 Å². The van der Waals surface area contributed by atoms with Crippen molar-refractivity contribution >= 4 is 29.9 Å². The highest BCUT2D eigenvalue weighted by molar-refractivity contribution is 14.0. The second kappa shape index (κ2) is 8.88. The number of rotatable bonds is 4. The maximum absolute atomic E-state index is 6.09. The predicted molar refractivity (Wildman–Crippen MR) is 101 cm³/mol. The summed E-state index contributed by atoms with van der Waals surface area (Å²) >= 11 is 0. The zero-order chi connectivity index (χ0) is 15.2. The summed E-state index contributed by atoms with van der Waals surface area (Å²) < 4.78 is 7.24. The lowest BCUT2D eigenvalue weighted by molar-refractivity contribution is 0.0674. The van der Waals surface area contributed by atoms with Crippen LogP contribution in [0.15, 0.2) is 47.7 Å². The third kappa shape index (κ3) is 4.93. The maximum Gasteiger partial charge on any atom is 0.191 e. The third-order valence-electron chi connectivity index (χ3n) is 3.76. The first kappa shape index (κ1) is 17.7. The van der Waals surface area contributed by atoms with Gasteiger partial charge < -0.3 is 15.4 Å². The molecule has 124 valence electrons. The number of ether oxygens (including phenoxy) is 1. The first-order valence-corrected chi connectivity index (χ1v) is 7.50. The molecule has 0 bridgehead atoms. The monoisotopic (exact) mass is 427 g/mol. The number of aliphatic imine (C=N–C) groups is 1. The SMILES string of the molecule is I.NC(=NCc1ccccc1Cn1cccn1)N1CCOCC1. The zero-order valence-electron chi connectivity index (χ0n) is 13.0. The molecule has 23 heavy (non-hydrogen) atoms. The predicted octanol–water partition coefficient (Wildman–Crippen LogP) is 1.70. The summed E-state index contributed by atoms with van der Waals surface area (Å²) in [6.45, 7) is 4.38. The normalized spacial score (nSPS) is 15.3. The number of hydrogen-bond acceptors (Lipinski definition) is 3. The highest BCUT2D eigenvalue weighted by atomic mass is 127. The van der Waals surface area contributed by atoms with Crippen molar-refractivity contribution < 1.29 is 4.74 Å². The molecule has 0 amide bonds. The van der Waals surface area contributed by atoms with Crippen LogP contribution in [0.25, 0.3) is 0 Å². The average molecular weight is 427 g/mol. The summed E-state index contributed by atoms with van der Waals surface area (Å²) in [6.07, 6.45) is 3.75. The van der Waals surface area contributed by atoms with Gasteiger partial charge in [-0.3, -0.25) is 4.68 Å². The van der Waals surface area contributed by atoms with Crippen LogP contribution in [0, 0.1) is 0 Å². The Morgan fingerprint density at radius 1 is 1.17 bits per heavy atom. The van der Waals surface area contributed by atoms with E-state index in [1.807, 2.05) is 29.1 Å². The maximum atomic E-state index is 6.09. The largest absolute Gasteiger partial charge is 0.378 e. The van der Waals surface area contributed by atoms with E-state index in [9.17, 15) is 0 Å². The van der Waals surface area contributed by atoms with Gasteiger partial charge in [0.05, 0.1) is 26.3 Å². The quantitative estimate of drug-likeness (QED) is 0.458. The Morgan fingerprint density at radius 3 is 2.61 bits per heavy atom. The van der Waals surface area contributed by atoms with Gasteiger partial charge in [-0.15, -0.1) is 24.0 Å². The van der Waals surface area contributed by atoms with E-state index in [4.69, 9.17) is 10.5 Å². The second-order valence-electron chi connectivity index (χ2n) is 5.25. The molecule has 1 fully saturated rings. The Morgan fingerprint density at radius 2 is 1.91 bits per heavy atom. The molecule has 1 aromatic carbocycles. The molecule has 1 aromatic heterocycles. The van der Waals surface area contributed by atoms with Crippen molar-refractivity contribution in [2.45, 2.75) is 13.1 Å². The van der Waals surface area contributed by atoms with Crippen LogP contribution in [-0.2, 0) is 17.8 Å². The first-order valence-electron chi connectivity index (χ1n) is 7.50. The second-order valence-corrected chi connectivity index (χ2v) is 5.25. The van der Waals surface area contributed by atoms with Gasteiger partial charge in [-0.1, -0.05) is 24.3 Å². The summed E-state index contributed by atoms with van der Waals surface area (Å²) in [6, 6.07) is 10.2. The van der Waals surface area contributed by atoms with Crippen LogP contribution in [-0.4, -0.2) is 46.9 Å². The molecule has 7 heteroatoms. The molecule has 6 nitrogen and oxygen atoms in total. The number of hydrogen-bond donors (Lipinski definition) is 1. The van der Waals surface area contributed by atoms with Crippen LogP contribution in [0.2, 0.25) is 0 Å². The van der Waals surface area contributed by atoms with Gasteiger partial charge in [-0.05, 0) is 17.2 Å². The molecule has 2 aromatic rings. The van der Waals surface area contributed by atoms with Gasteiger partial charge in [0.15, 0.2) is 5.96 Å². The Kier molecular flexibility index (Phi) is 6.85. The minimum Gasteiger partial charge on any atom is -0.378 e. The fourth-order valence-electron chi connectivity index (χ4n) is 2.49. The van der Waals surface area contributed by atoms with Crippen molar-refractivity contribution in [3.8, 4) is 0 Å². The van der Waals surface area contributed by atoms with Gasteiger partial charge in [0.1, 0.15) is 0 Å². The Bertz CT molecular complexity index is 623. The minimum atomic E-state index is 0. The van der Waals surface area contributed by atoms with Gasteiger partial charge in [-0.2, -0.15) is 5.10 Å². The lowest BCUT2D eigenvalue weighted by Crippen LogP contribution is -2.44. The summed E-state index contributed by atoms with van der Waals surface area (Å²) in [5.41, 5.74) is 8.47. The van der Waals surface area contributed by atoms with Gasteiger partial charge in [-0.25, -0.2) is 4.99 Å². The number of guanidine groups is 1. The van der Waals surface area contributed by atoms with Crippen LogP contribution in [0.3, 0.4) is 0 Å². The number of aromatic nitrogens is 2. The number of halogens is 1. The van der Waals surface area contributed by atoms with Crippen molar-refractivity contribution in [3.05, 3.63) is 53.9 Å². The van der Waals surface area contributed by atoms with Crippen LogP contribution in [0.1, 0.15) is 11.1 Å². The first-order chi connectivity index (χ1) is 10.8. The van der Waals surface area contributed by atoms with E-state index in [0.717, 1.165) is 19.6 Å². The molecule has 0 unspecified atom stereocenters. The molecule has 1 aliphatic heterocycles. The summed E-state index contributed by atoms with van der Waals surface area (Å²) in [5.74, 6) is 0.595. The summed E-state index contributed by atoms with van der Waals surface area (Å²) in [4.78, 5) is 6.61. The van der Waals surface area contributed by atoms with Crippen LogP contribution >= 0.6 is 24.0 Å². The van der Waals surface area contributed by atoms with E-state index >= 15 is 0 Å². The standard InChI is InChI=1S/C16H21N5O.HI/c17-16(20-8-10-22-11-9-20)18-12-14-4-1-2-5-15(14)13-21-7-3-6-19-21;/h1-7H,8-13H2,(H2,17,18);1H. The highest BCUT2D eigenvalue weighted by Gasteiger charge is 2.12. The molecule has 0 spiro atoms. The van der Waals surface area contributed by atoms with Crippen molar-refractivity contribution in [1.29, 1.82) is 0 Å². The van der Waals surface area contributed by atoms with E-state index in [1.165, 1.54) is 11.1 Å². The van der Waals surface area contributed by atoms with Crippen molar-refractivity contribution in [2.24, 2.45) is 10.7 Å². The molecule has 2 N–H and O–H groups in total. The summed E-state index contributed by atoms with van der Waals surface area (Å²) in [7, 11) is 0. The molecule has 0 atom stereocenters. The van der Waals surface area contributed by atoms with E-state index < -0.39 is 0 Å². The van der Waals surface area contributed by atoms with Gasteiger partial charge >= 0.3 is 0 Å². The molecule has 2 heterocycles. The lowest BCUT2D eigenvalue weighted by Gasteiger charge is -2.27. The molecule has 1 aliphatic rings. The average Bonchev–Trinajstić information content (AvgIpc) is 3.07. The number of nitrogens with two attached hydrogens (primary N) is 1. The lowest BCUT2D eigenvalue weighted by atomic mass is 10.1. The highest BCUT2D eigenvalue weighted by Crippen LogP contribution is 2.12.